The molecule has 9 atom stereocenters. The van der Waals surface area contributed by atoms with Crippen molar-refractivity contribution < 1.29 is 5.11 Å². The second kappa shape index (κ2) is 7.60. The molecule has 4 aliphatic carbocycles. The third-order valence-corrected chi connectivity index (χ3v) is 10.3. The van der Waals surface area contributed by atoms with E-state index in [9.17, 15) is 5.11 Å². The largest absolute Gasteiger partial charge is 0.396 e. The molecule has 0 radical (unpaired) electrons. The molecule has 1 heteroatoms. The second-order valence-electron chi connectivity index (χ2n) is 11.5. The average Bonchev–Trinajstić information content (AvgIpc) is 3.22. The molecule has 0 spiro atoms. The highest BCUT2D eigenvalue weighted by atomic mass is 16.3. The maximum absolute atomic E-state index is 9.88. The van der Waals surface area contributed by atoms with E-state index in [4.69, 9.17) is 0 Å². The van der Waals surface area contributed by atoms with Crippen molar-refractivity contribution >= 4 is 0 Å². The summed E-state index contributed by atoms with van der Waals surface area (Å²) in [4.78, 5) is 0. The summed E-state index contributed by atoms with van der Waals surface area (Å²) < 4.78 is 0. The van der Waals surface area contributed by atoms with Crippen LogP contribution in [0, 0.1) is 52.3 Å². The maximum atomic E-state index is 9.88. The third kappa shape index (κ3) is 3.06. The van der Waals surface area contributed by atoms with Gasteiger partial charge in [0.25, 0.3) is 0 Å². The number of aliphatic hydroxyl groups is 1. The summed E-state index contributed by atoms with van der Waals surface area (Å²) in [7, 11) is 0. The van der Waals surface area contributed by atoms with Gasteiger partial charge in [-0.05, 0) is 97.2 Å². The van der Waals surface area contributed by atoms with Crippen molar-refractivity contribution in [1.82, 2.24) is 0 Å². The fourth-order valence-electron chi connectivity index (χ4n) is 8.33. The lowest BCUT2D eigenvalue weighted by molar-refractivity contribution is 0.0192. The van der Waals surface area contributed by atoms with E-state index in [1.807, 2.05) is 5.57 Å². The predicted molar refractivity (Wildman–Crippen MR) is 119 cm³/mol. The molecule has 0 aromatic heterocycles. The van der Waals surface area contributed by atoms with Crippen LogP contribution < -0.4 is 0 Å². The molecular weight excluding hydrogens is 340 g/mol. The summed E-state index contributed by atoms with van der Waals surface area (Å²) in [6.45, 7) is 12.7. The van der Waals surface area contributed by atoms with E-state index in [1.54, 1.807) is 0 Å². The molecule has 3 saturated carbocycles. The van der Waals surface area contributed by atoms with E-state index < -0.39 is 0 Å². The van der Waals surface area contributed by atoms with Crippen LogP contribution in [0.3, 0.4) is 0 Å². The highest BCUT2D eigenvalue weighted by molar-refractivity contribution is 5.28. The molecule has 1 nitrogen and oxygen atoms in total. The van der Waals surface area contributed by atoms with Gasteiger partial charge in [-0.25, -0.2) is 0 Å². The van der Waals surface area contributed by atoms with E-state index in [2.05, 4.69) is 52.8 Å². The van der Waals surface area contributed by atoms with Gasteiger partial charge in [-0.1, -0.05) is 64.8 Å². The minimum absolute atomic E-state index is 0.402. The van der Waals surface area contributed by atoms with Crippen molar-refractivity contribution in [2.75, 3.05) is 6.61 Å². The Morgan fingerprint density at radius 3 is 2.46 bits per heavy atom. The van der Waals surface area contributed by atoms with Crippen LogP contribution in [-0.4, -0.2) is 11.7 Å². The van der Waals surface area contributed by atoms with Gasteiger partial charge in [0, 0.05) is 6.61 Å². The van der Waals surface area contributed by atoms with Crippen LogP contribution in [-0.2, 0) is 0 Å². The fraction of sp³-hybridized carbons (Fsp3) is 0.852. The topological polar surface area (TPSA) is 20.2 Å². The molecule has 158 valence electrons. The minimum Gasteiger partial charge on any atom is -0.396 e. The lowest BCUT2D eigenvalue weighted by Crippen LogP contribution is -2.46. The monoisotopic (exact) mass is 384 g/mol. The van der Waals surface area contributed by atoms with Crippen LogP contribution in [0.1, 0.15) is 86.0 Å². The highest BCUT2D eigenvalue weighted by Crippen LogP contribution is 2.68. The van der Waals surface area contributed by atoms with E-state index >= 15 is 0 Å². The lowest BCUT2D eigenvalue weighted by atomic mass is 9.50. The first-order chi connectivity index (χ1) is 13.3. The van der Waals surface area contributed by atoms with Crippen molar-refractivity contribution in [2.45, 2.75) is 86.0 Å². The van der Waals surface area contributed by atoms with Crippen LogP contribution in [0.4, 0.5) is 0 Å². The Bertz CT molecular complexity index is 632. The molecule has 0 aromatic carbocycles. The molecule has 0 saturated heterocycles. The van der Waals surface area contributed by atoms with Crippen LogP contribution in [0.5, 0.6) is 0 Å². The van der Waals surface area contributed by atoms with Crippen molar-refractivity contribution in [2.24, 2.45) is 52.3 Å². The number of rotatable bonds is 5. The summed E-state index contributed by atoms with van der Waals surface area (Å²) in [6, 6.07) is 0. The normalized spacial score (nSPS) is 47.4. The van der Waals surface area contributed by atoms with E-state index in [1.165, 1.54) is 51.4 Å². The molecule has 9 unspecified atom stereocenters. The molecule has 0 heterocycles. The summed E-state index contributed by atoms with van der Waals surface area (Å²) in [5.74, 6) is 5.16. The van der Waals surface area contributed by atoms with Crippen LogP contribution in [0.25, 0.3) is 0 Å². The van der Waals surface area contributed by atoms with Crippen LogP contribution in [0.15, 0.2) is 23.8 Å². The van der Waals surface area contributed by atoms with Gasteiger partial charge >= 0.3 is 0 Å². The first kappa shape index (κ1) is 20.7. The van der Waals surface area contributed by atoms with Gasteiger partial charge in [-0.15, -0.1) is 0 Å². The molecule has 4 aliphatic rings. The number of allylic oxidation sites excluding steroid dienone is 4. The quantitative estimate of drug-likeness (QED) is 0.505. The number of hydrogen-bond donors (Lipinski definition) is 1. The fourth-order valence-corrected chi connectivity index (χ4v) is 8.33. The van der Waals surface area contributed by atoms with Gasteiger partial charge in [-0.2, -0.15) is 0 Å². The molecule has 0 bridgehead atoms. The van der Waals surface area contributed by atoms with E-state index in [0.29, 0.717) is 35.2 Å². The minimum atomic E-state index is 0.402. The van der Waals surface area contributed by atoms with Gasteiger partial charge in [0.1, 0.15) is 0 Å². The van der Waals surface area contributed by atoms with Crippen LogP contribution >= 0.6 is 0 Å². The number of aliphatic hydroxyl groups excluding tert-OH is 1. The van der Waals surface area contributed by atoms with Gasteiger partial charge in [0.2, 0.25) is 0 Å². The van der Waals surface area contributed by atoms with Crippen LogP contribution in [0.2, 0.25) is 0 Å². The molecule has 1 N–H and O–H groups in total. The summed E-state index contributed by atoms with van der Waals surface area (Å²) in [5, 5.41) is 9.88. The molecular formula is C27H44O. The van der Waals surface area contributed by atoms with Gasteiger partial charge in [-0.3, -0.25) is 0 Å². The summed E-state index contributed by atoms with van der Waals surface area (Å²) >= 11 is 0. The van der Waals surface area contributed by atoms with Gasteiger partial charge < -0.3 is 5.11 Å². The van der Waals surface area contributed by atoms with Crippen molar-refractivity contribution in [3.8, 4) is 0 Å². The van der Waals surface area contributed by atoms with Gasteiger partial charge in [0.05, 0.1) is 0 Å². The predicted octanol–water partition coefficient (Wildman–Crippen LogP) is 7.02. The zero-order valence-corrected chi connectivity index (χ0v) is 19.1. The average molecular weight is 385 g/mol. The highest BCUT2D eigenvalue weighted by Gasteiger charge is 2.59. The number of fused-ring (bicyclic) bond motifs is 5. The zero-order chi connectivity index (χ0) is 20.1. The van der Waals surface area contributed by atoms with Crippen molar-refractivity contribution in [1.29, 1.82) is 0 Å². The summed E-state index contributed by atoms with van der Waals surface area (Å²) in [6.07, 6.45) is 18.4. The molecule has 28 heavy (non-hydrogen) atoms. The lowest BCUT2D eigenvalue weighted by Gasteiger charge is -2.54. The zero-order valence-electron chi connectivity index (χ0n) is 19.1. The Morgan fingerprint density at radius 2 is 1.75 bits per heavy atom. The van der Waals surface area contributed by atoms with Crippen molar-refractivity contribution in [3.63, 3.8) is 0 Å². The SMILES string of the molecule is CCC(C)C=CC(C)C1CCC2C3=CCC4C(CO)CCC4(C)C3CCC21C. The Labute approximate surface area is 174 Å². The van der Waals surface area contributed by atoms with Gasteiger partial charge in [0.15, 0.2) is 0 Å². The number of hydrogen-bond acceptors (Lipinski definition) is 1. The summed E-state index contributed by atoms with van der Waals surface area (Å²) in [5.41, 5.74) is 2.81. The van der Waals surface area contributed by atoms with E-state index in [0.717, 1.165) is 23.7 Å². The Hall–Kier alpha value is -0.560. The Morgan fingerprint density at radius 1 is 1.04 bits per heavy atom. The third-order valence-electron chi connectivity index (χ3n) is 10.3. The molecule has 0 amide bonds. The Kier molecular flexibility index (Phi) is 5.62. The smallest absolute Gasteiger partial charge is 0.0462 e. The first-order valence-corrected chi connectivity index (χ1v) is 12.3. The molecule has 4 rings (SSSR count). The first-order valence-electron chi connectivity index (χ1n) is 12.3. The molecule has 0 aromatic rings. The maximum Gasteiger partial charge on any atom is 0.0462 e. The second-order valence-corrected chi connectivity index (χ2v) is 11.5. The molecule has 0 aliphatic heterocycles. The molecule has 3 fully saturated rings. The Balaban J connectivity index is 1.56. The van der Waals surface area contributed by atoms with Crippen molar-refractivity contribution in [3.05, 3.63) is 23.8 Å². The van der Waals surface area contributed by atoms with E-state index in [-0.39, 0.29) is 0 Å². The standard InChI is InChI=1S/C27H44O/c1-6-18(2)7-8-19(3)22-11-12-24-21-9-10-23-20(17-28)13-15-27(23,5)25(21)14-16-26(22,24)4/h7-9,18-20,22-25,28H,6,10-17H2,1-5H3.